The number of hydrogen-bond donors (Lipinski definition) is 2. The van der Waals surface area contributed by atoms with Crippen molar-refractivity contribution >= 4 is 17.5 Å². The highest BCUT2D eigenvalue weighted by Gasteiger charge is 2.18. The number of aromatic nitrogens is 1. The van der Waals surface area contributed by atoms with E-state index in [0.29, 0.717) is 22.8 Å². The summed E-state index contributed by atoms with van der Waals surface area (Å²) in [5.74, 6) is 0.0884. The van der Waals surface area contributed by atoms with E-state index in [1.165, 1.54) is 0 Å². The third-order valence-electron chi connectivity index (χ3n) is 2.86. The molecular formula is C13H19ClN2O2. The Labute approximate surface area is 112 Å². The largest absolute Gasteiger partial charge is 0.396 e. The Morgan fingerprint density at radius 3 is 2.67 bits per heavy atom. The van der Waals surface area contributed by atoms with E-state index >= 15 is 0 Å². The zero-order valence-electron chi connectivity index (χ0n) is 10.9. The molecule has 0 saturated carbocycles. The molecule has 1 aromatic rings. The van der Waals surface area contributed by atoms with Crippen LogP contribution in [-0.2, 0) is 0 Å². The first-order valence-corrected chi connectivity index (χ1v) is 6.38. The van der Waals surface area contributed by atoms with E-state index in [0.717, 1.165) is 0 Å². The predicted octanol–water partition coefficient (Wildman–Crippen LogP) is 2.18. The summed E-state index contributed by atoms with van der Waals surface area (Å²) < 4.78 is 0. The minimum absolute atomic E-state index is 0.0439. The average Bonchev–Trinajstić information content (AvgIpc) is 2.27. The molecule has 0 spiro atoms. The minimum atomic E-state index is -0.177. The molecule has 0 saturated heterocycles. The number of carbonyl (C=O) groups excluding carboxylic acids is 1. The van der Waals surface area contributed by atoms with E-state index in [2.05, 4.69) is 10.3 Å². The predicted molar refractivity (Wildman–Crippen MR) is 71.8 cm³/mol. The monoisotopic (exact) mass is 270 g/mol. The van der Waals surface area contributed by atoms with Crippen molar-refractivity contribution in [3.63, 3.8) is 0 Å². The van der Waals surface area contributed by atoms with Gasteiger partial charge in [-0.25, -0.2) is 4.98 Å². The van der Waals surface area contributed by atoms with Gasteiger partial charge in [-0.1, -0.05) is 25.4 Å². The highest BCUT2D eigenvalue weighted by atomic mass is 35.5. The zero-order chi connectivity index (χ0) is 13.7. The Morgan fingerprint density at radius 2 is 2.17 bits per heavy atom. The van der Waals surface area contributed by atoms with E-state index in [1.807, 2.05) is 13.8 Å². The number of nitrogens with zero attached hydrogens (tertiary/aromatic N) is 1. The first-order valence-electron chi connectivity index (χ1n) is 6.00. The number of hydrogen-bond acceptors (Lipinski definition) is 3. The lowest BCUT2D eigenvalue weighted by Gasteiger charge is -2.21. The standard InChI is InChI=1S/C13H19ClN2O2/c1-8(2)11(6-7-17)16-13(18)10-4-5-12(14)15-9(10)3/h4-5,8,11,17H,6-7H2,1-3H3,(H,16,18). The lowest BCUT2D eigenvalue weighted by atomic mass is 10.0. The van der Waals surface area contributed by atoms with Gasteiger partial charge in [0.2, 0.25) is 0 Å². The topological polar surface area (TPSA) is 62.2 Å². The highest BCUT2D eigenvalue weighted by molar-refractivity contribution is 6.29. The first kappa shape index (κ1) is 14.9. The van der Waals surface area contributed by atoms with Crippen molar-refractivity contribution in [1.82, 2.24) is 10.3 Å². The molecule has 1 atom stereocenters. The summed E-state index contributed by atoms with van der Waals surface area (Å²) in [6.45, 7) is 5.82. The summed E-state index contributed by atoms with van der Waals surface area (Å²) in [5.41, 5.74) is 1.12. The fraction of sp³-hybridized carbons (Fsp3) is 0.538. The Balaban J connectivity index is 2.80. The lowest BCUT2D eigenvalue weighted by Crippen LogP contribution is -2.39. The van der Waals surface area contributed by atoms with Crippen molar-refractivity contribution in [1.29, 1.82) is 0 Å². The van der Waals surface area contributed by atoms with Gasteiger partial charge in [-0.05, 0) is 31.4 Å². The molecule has 1 aromatic heterocycles. The third-order valence-corrected chi connectivity index (χ3v) is 3.07. The van der Waals surface area contributed by atoms with Gasteiger partial charge in [0.25, 0.3) is 5.91 Å². The van der Waals surface area contributed by atoms with Crippen LogP contribution >= 0.6 is 11.6 Å². The van der Waals surface area contributed by atoms with Crippen molar-refractivity contribution in [3.8, 4) is 0 Å². The zero-order valence-corrected chi connectivity index (χ0v) is 11.7. The number of aryl methyl sites for hydroxylation is 1. The van der Waals surface area contributed by atoms with Gasteiger partial charge >= 0.3 is 0 Å². The molecule has 0 radical (unpaired) electrons. The fourth-order valence-corrected chi connectivity index (χ4v) is 1.92. The maximum absolute atomic E-state index is 12.1. The van der Waals surface area contributed by atoms with Crippen LogP contribution in [-0.4, -0.2) is 28.6 Å². The molecule has 18 heavy (non-hydrogen) atoms. The van der Waals surface area contributed by atoms with Gasteiger partial charge < -0.3 is 10.4 Å². The molecule has 0 aliphatic carbocycles. The minimum Gasteiger partial charge on any atom is -0.396 e. The van der Waals surface area contributed by atoms with Crippen molar-refractivity contribution < 1.29 is 9.90 Å². The van der Waals surface area contributed by atoms with Crippen LogP contribution in [0.15, 0.2) is 12.1 Å². The molecule has 1 rings (SSSR count). The third kappa shape index (κ3) is 3.96. The van der Waals surface area contributed by atoms with Crippen LogP contribution in [0, 0.1) is 12.8 Å². The van der Waals surface area contributed by atoms with Crippen LogP contribution in [0.1, 0.15) is 36.3 Å². The Bertz CT molecular complexity index is 421. The molecular weight excluding hydrogens is 252 g/mol. The van der Waals surface area contributed by atoms with E-state index in [-0.39, 0.29) is 24.5 Å². The number of nitrogens with one attached hydrogen (secondary N) is 1. The van der Waals surface area contributed by atoms with Gasteiger partial charge in [0.15, 0.2) is 0 Å². The maximum atomic E-state index is 12.1. The molecule has 1 heterocycles. The van der Waals surface area contributed by atoms with E-state index in [1.54, 1.807) is 19.1 Å². The summed E-state index contributed by atoms with van der Waals surface area (Å²) in [4.78, 5) is 16.1. The summed E-state index contributed by atoms with van der Waals surface area (Å²) >= 11 is 5.75. The number of amides is 1. The molecule has 1 amide bonds. The van der Waals surface area contributed by atoms with Gasteiger partial charge in [0, 0.05) is 12.6 Å². The average molecular weight is 271 g/mol. The number of aliphatic hydroxyl groups is 1. The van der Waals surface area contributed by atoms with E-state index < -0.39 is 0 Å². The summed E-state index contributed by atoms with van der Waals surface area (Å²) in [6, 6.07) is 3.22. The van der Waals surface area contributed by atoms with Crippen molar-refractivity contribution in [2.45, 2.75) is 33.2 Å². The Kier molecular flexibility index (Phi) is 5.56. The number of rotatable bonds is 5. The lowest BCUT2D eigenvalue weighted by molar-refractivity contribution is 0.0915. The number of pyridine rings is 1. The quantitative estimate of drug-likeness (QED) is 0.806. The van der Waals surface area contributed by atoms with E-state index in [9.17, 15) is 4.79 Å². The molecule has 0 aliphatic rings. The molecule has 2 N–H and O–H groups in total. The molecule has 0 fully saturated rings. The van der Waals surface area contributed by atoms with Crippen LogP contribution in [0.3, 0.4) is 0 Å². The second-order valence-corrected chi connectivity index (χ2v) is 4.99. The van der Waals surface area contributed by atoms with Gasteiger partial charge in [-0.2, -0.15) is 0 Å². The molecule has 1 unspecified atom stereocenters. The van der Waals surface area contributed by atoms with Crippen molar-refractivity contribution in [2.24, 2.45) is 5.92 Å². The summed E-state index contributed by atoms with van der Waals surface area (Å²) in [5, 5.41) is 12.3. The SMILES string of the molecule is Cc1nc(Cl)ccc1C(=O)NC(CCO)C(C)C. The molecule has 100 valence electrons. The molecule has 0 aliphatic heterocycles. The molecule has 0 bridgehead atoms. The Hall–Kier alpha value is -1.13. The number of carbonyl (C=O) groups is 1. The van der Waals surface area contributed by atoms with E-state index in [4.69, 9.17) is 16.7 Å². The van der Waals surface area contributed by atoms with Crippen molar-refractivity contribution in [2.75, 3.05) is 6.61 Å². The first-order chi connectivity index (χ1) is 8.45. The Morgan fingerprint density at radius 1 is 1.50 bits per heavy atom. The second-order valence-electron chi connectivity index (χ2n) is 4.60. The fourth-order valence-electron chi connectivity index (χ4n) is 1.73. The van der Waals surface area contributed by atoms with Crippen LogP contribution < -0.4 is 5.32 Å². The molecule has 4 nitrogen and oxygen atoms in total. The van der Waals surface area contributed by atoms with Crippen LogP contribution in [0.4, 0.5) is 0 Å². The number of halogens is 1. The van der Waals surface area contributed by atoms with Gasteiger partial charge in [0.05, 0.1) is 11.3 Å². The molecule has 0 aromatic carbocycles. The van der Waals surface area contributed by atoms with Crippen molar-refractivity contribution in [3.05, 3.63) is 28.5 Å². The highest BCUT2D eigenvalue weighted by Crippen LogP contribution is 2.12. The van der Waals surface area contributed by atoms with Crippen LogP contribution in [0.2, 0.25) is 5.15 Å². The summed E-state index contributed by atoms with van der Waals surface area (Å²) in [6.07, 6.45) is 0.545. The van der Waals surface area contributed by atoms with Crippen LogP contribution in [0.25, 0.3) is 0 Å². The molecule has 5 heteroatoms. The number of aliphatic hydroxyl groups excluding tert-OH is 1. The van der Waals surface area contributed by atoms with Gasteiger partial charge in [0.1, 0.15) is 5.15 Å². The van der Waals surface area contributed by atoms with Crippen LogP contribution in [0.5, 0.6) is 0 Å². The summed E-state index contributed by atoms with van der Waals surface area (Å²) in [7, 11) is 0. The van der Waals surface area contributed by atoms with Gasteiger partial charge in [-0.3, -0.25) is 4.79 Å². The normalized spacial score (nSPS) is 12.6. The smallest absolute Gasteiger partial charge is 0.253 e. The maximum Gasteiger partial charge on any atom is 0.253 e. The second kappa shape index (κ2) is 6.71. The van der Waals surface area contributed by atoms with Gasteiger partial charge in [-0.15, -0.1) is 0 Å².